The van der Waals surface area contributed by atoms with Crippen molar-refractivity contribution in [1.82, 2.24) is 5.32 Å². The number of rotatable bonds is 7. The van der Waals surface area contributed by atoms with Crippen LogP contribution >= 0.6 is 0 Å². The van der Waals surface area contributed by atoms with Crippen molar-refractivity contribution in [2.75, 3.05) is 18.5 Å². The van der Waals surface area contributed by atoms with Crippen molar-refractivity contribution in [3.05, 3.63) is 29.8 Å². The van der Waals surface area contributed by atoms with Gasteiger partial charge in [-0.3, -0.25) is 14.4 Å². The second kappa shape index (κ2) is 8.47. The molecule has 0 saturated heterocycles. The van der Waals surface area contributed by atoms with E-state index in [1.54, 1.807) is 24.3 Å². The summed E-state index contributed by atoms with van der Waals surface area (Å²) in [6, 6.07) is 8.36. The van der Waals surface area contributed by atoms with E-state index in [0.717, 1.165) is 37.0 Å². The number of hydrogen-bond donors (Lipinski definition) is 2. The Hall–Kier alpha value is -2.88. The minimum atomic E-state index is -0.635. The number of esters is 1. The standard InChI is InChI=1S/C23H27N3O4/c24-12-15-1-3-19(4-2-15)26-21(28)14-30-22(29)13-25-20(27)11-23-8-16-5-17(9-23)7-18(6-16)10-23/h1-4,16-18H,5-11,13-14H2,(H,25,27)(H,26,28). The number of nitrogens with zero attached hydrogens (tertiary/aromatic N) is 1. The minimum Gasteiger partial charge on any atom is -0.454 e. The number of nitriles is 1. The molecule has 0 spiro atoms. The molecule has 0 radical (unpaired) electrons. The highest BCUT2D eigenvalue weighted by atomic mass is 16.5. The summed E-state index contributed by atoms with van der Waals surface area (Å²) in [5, 5.41) is 14.0. The minimum absolute atomic E-state index is 0.101. The topological polar surface area (TPSA) is 108 Å². The van der Waals surface area contributed by atoms with Gasteiger partial charge in [-0.15, -0.1) is 0 Å². The van der Waals surface area contributed by atoms with Gasteiger partial charge in [0, 0.05) is 12.1 Å². The number of benzene rings is 1. The molecule has 4 bridgehead atoms. The van der Waals surface area contributed by atoms with Crippen LogP contribution in [0.1, 0.15) is 50.5 Å². The summed E-state index contributed by atoms with van der Waals surface area (Å²) in [5.74, 6) is 1.13. The fraction of sp³-hybridized carbons (Fsp3) is 0.565. The molecule has 0 aliphatic heterocycles. The van der Waals surface area contributed by atoms with Crippen molar-refractivity contribution in [1.29, 1.82) is 5.26 Å². The number of hydrogen-bond acceptors (Lipinski definition) is 5. The first-order valence-electron chi connectivity index (χ1n) is 10.7. The van der Waals surface area contributed by atoms with Crippen LogP contribution in [0.3, 0.4) is 0 Å². The van der Waals surface area contributed by atoms with E-state index in [1.165, 1.54) is 19.3 Å². The first-order chi connectivity index (χ1) is 14.4. The predicted molar refractivity (Wildman–Crippen MR) is 109 cm³/mol. The van der Waals surface area contributed by atoms with Crippen molar-refractivity contribution in [3.8, 4) is 6.07 Å². The Labute approximate surface area is 176 Å². The third-order valence-corrected chi connectivity index (χ3v) is 6.79. The average molecular weight is 409 g/mol. The zero-order valence-corrected chi connectivity index (χ0v) is 17.0. The van der Waals surface area contributed by atoms with Gasteiger partial charge in [-0.2, -0.15) is 5.26 Å². The van der Waals surface area contributed by atoms with Gasteiger partial charge in [-0.05, 0) is 86.0 Å². The van der Waals surface area contributed by atoms with Crippen LogP contribution in [-0.2, 0) is 19.1 Å². The molecule has 2 amide bonds. The van der Waals surface area contributed by atoms with Gasteiger partial charge < -0.3 is 15.4 Å². The second-order valence-corrected chi connectivity index (χ2v) is 9.27. The Morgan fingerprint density at radius 1 is 1.00 bits per heavy atom. The molecule has 0 atom stereocenters. The van der Waals surface area contributed by atoms with Crippen molar-refractivity contribution in [2.45, 2.75) is 44.9 Å². The van der Waals surface area contributed by atoms with E-state index >= 15 is 0 Å². The number of ether oxygens (including phenoxy) is 1. The zero-order chi connectivity index (χ0) is 21.1. The fourth-order valence-electron chi connectivity index (χ4n) is 6.10. The maximum absolute atomic E-state index is 12.4. The molecule has 0 heterocycles. The summed E-state index contributed by atoms with van der Waals surface area (Å²) in [4.78, 5) is 36.2. The first kappa shape index (κ1) is 20.4. The summed E-state index contributed by atoms with van der Waals surface area (Å²) in [5.41, 5.74) is 1.13. The average Bonchev–Trinajstić information content (AvgIpc) is 2.70. The first-order valence-corrected chi connectivity index (χ1v) is 10.7. The van der Waals surface area contributed by atoms with Gasteiger partial charge in [0.05, 0.1) is 11.6 Å². The number of carbonyl (C=O) groups excluding carboxylic acids is 3. The van der Waals surface area contributed by atoms with E-state index in [9.17, 15) is 14.4 Å². The molecular weight excluding hydrogens is 382 g/mol. The maximum atomic E-state index is 12.4. The van der Waals surface area contributed by atoms with E-state index in [4.69, 9.17) is 10.00 Å². The van der Waals surface area contributed by atoms with Crippen molar-refractivity contribution in [3.63, 3.8) is 0 Å². The number of amides is 2. The molecule has 7 heteroatoms. The zero-order valence-electron chi connectivity index (χ0n) is 17.0. The molecule has 4 aliphatic rings. The lowest BCUT2D eigenvalue weighted by Crippen LogP contribution is -2.48. The summed E-state index contributed by atoms with van der Waals surface area (Å²) < 4.78 is 4.95. The molecule has 30 heavy (non-hydrogen) atoms. The van der Waals surface area contributed by atoms with E-state index in [0.29, 0.717) is 17.7 Å². The Balaban J connectivity index is 1.16. The summed E-state index contributed by atoms with van der Waals surface area (Å²) in [7, 11) is 0. The maximum Gasteiger partial charge on any atom is 0.325 e. The van der Waals surface area contributed by atoms with Gasteiger partial charge >= 0.3 is 5.97 Å². The molecular formula is C23H27N3O4. The molecule has 1 aromatic rings. The Kier molecular flexibility index (Phi) is 5.76. The third-order valence-electron chi connectivity index (χ3n) is 6.79. The van der Waals surface area contributed by atoms with Gasteiger partial charge in [0.25, 0.3) is 5.91 Å². The lowest BCUT2D eigenvalue weighted by Gasteiger charge is -2.56. The van der Waals surface area contributed by atoms with Crippen molar-refractivity contribution >= 4 is 23.5 Å². The van der Waals surface area contributed by atoms with Gasteiger partial charge in [-0.1, -0.05) is 0 Å². The largest absolute Gasteiger partial charge is 0.454 e. The molecule has 4 saturated carbocycles. The Bertz CT molecular complexity index is 836. The van der Waals surface area contributed by atoms with Crippen LogP contribution in [-0.4, -0.2) is 30.9 Å². The van der Waals surface area contributed by atoms with Crippen LogP contribution in [0.4, 0.5) is 5.69 Å². The molecule has 1 aromatic carbocycles. The highest BCUT2D eigenvalue weighted by Gasteiger charge is 2.51. The predicted octanol–water partition coefficient (Wildman–Crippen LogP) is 2.76. The van der Waals surface area contributed by atoms with E-state index in [-0.39, 0.29) is 17.9 Å². The van der Waals surface area contributed by atoms with Crippen molar-refractivity contribution < 1.29 is 19.1 Å². The fourth-order valence-corrected chi connectivity index (χ4v) is 6.10. The van der Waals surface area contributed by atoms with Crippen LogP contribution in [0.25, 0.3) is 0 Å². The molecule has 158 valence electrons. The Morgan fingerprint density at radius 3 is 2.17 bits per heavy atom. The second-order valence-electron chi connectivity index (χ2n) is 9.27. The van der Waals surface area contributed by atoms with E-state index in [2.05, 4.69) is 10.6 Å². The van der Waals surface area contributed by atoms with Crippen LogP contribution in [0.5, 0.6) is 0 Å². The summed E-state index contributed by atoms with van der Waals surface area (Å²) in [6.07, 6.45) is 7.92. The molecule has 4 aliphatic carbocycles. The number of carbonyl (C=O) groups is 3. The van der Waals surface area contributed by atoms with Crippen molar-refractivity contribution in [2.24, 2.45) is 23.2 Å². The van der Waals surface area contributed by atoms with E-state index < -0.39 is 18.5 Å². The lowest BCUT2D eigenvalue weighted by atomic mass is 9.49. The van der Waals surface area contributed by atoms with Crippen LogP contribution in [0.15, 0.2) is 24.3 Å². The molecule has 2 N–H and O–H groups in total. The smallest absolute Gasteiger partial charge is 0.325 e. The van der Waals surface area contributed by atoms with Crippen LogP contribution in [0, 0.1) is 34.5 Å². The van der Waals surface area contributed by atoms with Gasteiger partial charge in [-0.25, -0.2) is 0 Å². The van der Waals surface area contributed by atoms with Crippen LogP contribution < -0.4 is 10.6 Å². The molecule has 0 unspecified atom stereocenters. The third kappa shape index (κ3) is 4.81. The lowest BCUT2D eigenvalue weighted by molar-refractivity contribution is -0.147. The van der Waals surface area contributed by atoms with Gasteiger partial charge in [0.15, 0.2) is 6.61 Å². The number of nitrogens with one attached hydrogen (secondary N) is 2. The molecule has 4 fully saturated rings. The quantitative estimate of drug-likeness (QED) is 0.673. The monoisotopic (exact) mass is 409 g/mol. The molecule has 0 aromatic heterocycles. The highest BCUT2D eigenvalue weighted by Crippen LogP contribution is 2.61. The highest BCUT2D eigenvalue weighted by molar-refractivity contribution is 5.93. The Morgan fingerprint density at radius 2 is 1.60 bits per heavy atom. The van der Waals surface area contributed by atoms with E-state index in [1.807, 2.05) is 6.07 Å². The van der Waals surface area contributed by atoms with Gasteiger partial charge in [0.2, 0.25) is 5.91 Å². The SMILES string of the molecule is N#Cc1ccc(NC(=O)COC(=O)CNC(=O)CC23CC4CC(CC(C4)C2)C3)cc1. The van der Waals surface area contributed by atoms with Crippen LogP contribution in [0.2, 0.25) is 0 Å². The molecule has 5 rings (SSSR count). The summed E-state index contributed by atoms with van der Waals surface area (Å²) >= 11 is 0. The number of anilines is 1. The normalized spacial score (nSPS) is 28.4. The molecule has 7 nitrogen and oxygen atoms in total. The van der Waals surface area contributed by atoms with Gasteiger partial charge in [0.1, 0.15) is 6.54 Å². The summed E-state index contributed by atoms with van der Waals surface area (Å²) in [6.45, 7) is -0.654.